The third kappa shape index (κ3) is 3.44. The van der Waals surface area contributed by atoms with Crippen LogP contribution in [0.25, 0.3) is 0 Å². The molecule has 22 heavy (non-hydrogen) atoms. The molecule has 1 aliphatic rings. The van der Waals surface area contributed by atoms with Crippen LogP contribution in [0.4, 0.5) is 11.4 Å². The SMILES string of the molecule is Cc1ccccc1N[C@@H]1CCCC[C@H]1Nc1ccccc1C. The number of hydrogen-bond acceptors (Lipinski definition) is 2. The lowest BCUT2D eigenvalue weighted by Crippen LogP contribution is -2.42. The smallest absolute Gasteiger partial charge is 0.0462 e. The van der Waals surface area contributed by atoms with Crippen LogP contribution < -0.4 is 10.6 Å². The van der Waals surface area contributed by atoms with Gasteiger partial charge in [0.2, 0.25) is 0 Å². The summed E-state index contributed by atoms with van der Waals surface area (Å²) < 4.78 is 0. The standard InChI is InChI=1S/C20H26N2/c1-15-9-3-5-11-17(15)21-19-13-7-8-14-20(19)22-18-12-6-4-10-16(18)2/h3-6,9-12,19-22H,7-8,13-14H2,1-2H3/t19-,20-/m1/s1. The van der Waals surface area contributed by atoms with Gasteiger partial charge in [-0.05, 0) is 49.9 Å². The first-order valence-electron chi connectivity index (χ1n) is 8.38. The zero-order valence-electron chi connectivity index (χ0n) is 13.6. The first-order valence-corrected chi connectivity index (χ1v) is 8.38. The minimum Gasteiger partial charge on any atom is -0.380 e. The summed E-state index contributed by atoms with van der Waals surface area (Å²) in [6, 6.07) is 18.1. The van der Waals surface area contributed by atoms with Crippen molar-refractivity contribution in [2.75, 3.05) is 10.6 Å². The molecular weight excluding hydrogens is 268 g/mol. The van der Waals surface area contributed by atoms with Crippen LogP contribution in [0.15, 0.2) is 48.5 Å². The monoisotopic (exact) mass is 294 g/mol. The predicted molar refractivity (Wildman–Crippen MR) is 95.6 cm³/mol. The molecule has 2 aromatic rings. The largest absolute Gasteiger partial charge is 0.380 e. The minimum atomic E-state index is 0.495. The molecule has 0 aliphatic heterocycles. The van der Waals surface area contributed by atoms with Gasteiger partial charge < -0.3 is 10.6 Å². The molecule has 1 saturated carbocycles. The third-order valence-corrected chi connectivity index (χ3v) is 4.74. The fourth-order valence-corrected chi connectivity index (χ4v) is 3.35. The molecule has 0 unspecified atom stereocenters. The molecule has 0 radical (unpaired) electrons. The second kappa shape index (κ2) is 6.87. The Balaban J connectivity index is 1.74. The van der Waals surface area contributed by atoms with Gasteiger partial charge in [-0.1, -0.05) is 49.2 Å². The summed E-state index contributed by atoms with van der Waals surface area (Å²) in [5, 5.41) is 7.55. The molecule has 2 N–H and O–H groups in total. The van der Waals surface area contributed by atoms with Crippen LogP contribution in [0.3, 0.4) is 0 Å². The van der Waals surface area contributed by atoms with Gasteiger partial charge in [-0.15, -0.1) is 0 Å². The summed E-state index contributed by atoms with van der Waals surface area (Å²) in [6.45, 7) is 4.35. The molecule has 0 amide bonds. The van der Waals surface area contributed by atoms with Gasteiger partial charge in [0, 0.05) is 23.5 Å². The Labute approximate surface area is 134 Å². The number of nitrogens with one attached hydrogen (secondary N) is 2. The highest BCUT2D eigenvalue weighted by Crippen LogP contribution is 2.27. The molecule has 116 valence electrons. The molecule has 3 rings (SSSR count). The molecule has 0 saturated heterocycles. The van der Waals surface area contributed by atoms with Crippen LogP contribution >= 0.6 is 0 Å². The van der Waals surface area contributed by atoms with E-state index in [1.165, 1.54) is 48.2 Å². The molecule has 0 bridgehead atoms. The van der Waals surface area contributed by atoms with Crippen LogP contribution in [-0.4, -0.2) is 12.1 Å². The van der Waals surface area contributed by atoms with E-state index in [4.69, 9.17) is 0 Å². The van der Waals surface area contributed by atoms with E-state index >= 15 is 0 Å². The highest BCUT2D eigenvalue weighted by atomic mass is 15.0. The highest BCUT2D eigenvalue weighted by Gasteiger charge is 2.25. The number of benzene rings is 2. The number of para-hydroxylation sites is 2. The minimum absolute atomic E-state index is 0.495. The summed E-state index contributed by atoms with van der Waals surface area (Å²) in [6.07, 6.45) is 5.10. The molecular formula is C20H26N2. The Kier molecular flexibility index (Phi) is 4.67. The van der Waals surface area contributed by atoms with E-state index in [-0.39, 0.29) is 0 Å². The van der Waals surface area contributed by atoms with Gasteiger partial charge in [-0.2, -0.15) is 0 Å². The predicted octanol–water partition coefficient (Wildman–Crippen LogP) is 5.14. The number of hydrogen-bond donors (Lipinski definition) is 2. The molecule has 2 nitrogen and oxygen atoms in total. The lowest BCUT2D eigenvalue weighted by atomic mass is 9.89. The molecule has 2 atom stereocenters. The average molecular weight is 294 g/mol. The highest BCUT2D eigenvalue weighted by molar-refractivity contribution is 5.54. The van der Waals surface area contributed by atoms with E-state index in [1.807, 2.05) is 0 Å². The van der Waals surface area contributed by atoms with E-state index in [0.717, 1.165) is 0 Å². The van der Waals surface area contributed by atoms with Gasteiger partial charge in [-0.3, -0.25) is 0 Å². The van der Waals surface area contributed by atoms with E-state index in [2.05, 4.69) is 73.0 Å². The zero-order valence-corrected chi connectivity index (χ0v) is 13.6. The summed E-state index contributed by atoms with van der Waals surface area (Å²) in [5.74, 6) is 0. The Hall–Kier alpha value is -1.96. The van der Waals surface area contributed by atoms with Gasteiger partial charge in [-0.25, -0.2) is 0 Å². The van der Waals surface area contributed by atoms with Crippen LogP contribution in [0, 0.1) is 13.8 Å². The molecule has 0 aromatic heterocycles. The fraction of sp³-hybridized carbons (Fsp3) is 0.400. The Morgan fingerprint density at radius 2 is 1.09 bits per heavy atom. The van der Waals surface area contributed by atoms with Gasteiger partial charge in [0.15, 0.2) is 0 Å². The fourth-order valence-electron chi connectivity index (χ4n) is 3.35. The first kappa shape index (κ1) is 15.0. The van der Waals surface area contributed by atoms with Crippen molar-refractivity contribution in [1.29, 1.82) is 0 Å². The van der Waals surface area contributed by atoms with Crippen molar-refractivity contribution < 1.29 is 0 Å². The molecule has 2 aromatic carbocycles. The van der Waals surface area contributed by atoms with Crippen molar-refractivity contribution in [3.8, 4) is 0 Å². The maximum absolute atomic E-state index is 3.78. The summed E-state index contributed by atoms with van der Waals surface area (Å²) in [5.41, 5.74) is 5.18. The average Bonchev–Trinajstić information content (AvgIpc) is 2.53. The van der Waals surface area contributed by atoms with Gasteiger partial charge in [0.1, 0.15) is 0 Å². The Bertz CT molecular complexity index is 565. The summed E-state index contributed by atoms with van der Waals surface area (Å²) in [7, 11) is 0. The van der Waals surface area contributed by atoms with Crippen molar-refractivity contribution >= 4 is 11.4 Å². The van der Waals surface area contributed by atoms with Crippen molar-refractivity contribution in [3.63, 3.8) is 0 Å². The number of rotatable bonds is 4. The second-order valence-corrected chi connectivity index (χ2v) is 6.42. The van der Waals surface area contributed by atoms with Gasteiger partial charge in [0.05, 0.1) is 0 Å². The zero-order chi connectivity index (χ0) is 15.4. The lowest BCUT2D eigenvalue weighted by molar-refractivity contribution is 0.423. The number of aryl methyl sites for hydroxylation is 2. The van der Waals surface area contributed by atoms with E-state index in [1.54, 1.807) is 0 Å². The van der Waals surface area contributed by atoms with Crippen molar-refractivity contribution in [2.45, 2.75) is 51.6 Å². The van der Waals surface area contributed by atoms with Crippen LogP contribution in [0.5, 0.6) is 0 Å². The molecule has 1 aliphatic carbocycles. The quantitative estimate of drug-likeness (QED) is 0.816. The molecule has 2 heteroatoms. The maximum Gasteiger partial charge on any atom is 0.0462 e. The van der Waals surface area contributed by atoms with Crippen molar-refractivity contribution in [1.82, 2.24) is 0 Å². The van der Waals surface area contributed by atoms with Crippen LogP contribution in [-0.2, 0) is 0 Å². The molecule has 0 heterocycles. The number of anilines is 2. The normalized spacial score (nSPS) is 21.4. The van der Waals surface area contributed by atoms with E-state index < -0.39 is 0 Å². The van der Waals surface area contributed by atoms with E-state index in [9.17, 15) is 0 Å². The Morgan fingerprint density at radius 1 is 0.682 bits per heavy atom. The van der Waals surface area contributed by atoms with Crippen LogP contribution in [0.2, 0.25) is 0 Å². The molecule has 1 fully saturated rings. The topological polar surface area (TPSA) is 24.1 Å². The lowest BCUT2D eigenvalue weighted by Gasteiger charge is -2.35. The van der Waals surface area contributed by atoms with E-state index in [0.29, 0.717) is 12.1 Å². The first-order chi connectivity index (χ1) is 10.7. The third-order valence-electron chi connectivity index (χ3n) is 4.74. The molecule has 0 spiro atoms. The summed E-state index contributed by atoms with van der Waals surface area (Å²) in [4.78, 5) is 0. The van der Waals surface area contributed by atoms with Crippen molar-refractivity contribution in [2.24, 2.45) is 0 Å². The van der Waals surface area contributed by atoms with Gasteiger partial charge >= 0.3 is 0 Å². The summed E-state index contributed by atoms with van der Waals surface area (Å²) >= 11 is 0. The van der Waals surface area contributed by atoms with Crippen molar-refractivity contribution in [3.05, 3.63) is 59.7 Å². The maximum atomic E-state index is 3.78. The van der Waals surface area contributed by atoms with Gasteiger partial charge in [0.25, 0.3) is 0 Å². The second-order valence-electron chi connectivity index (χ2n) is 6.42. The Morgan fingerprint density at radius 3 is 1.50 bits per heavy atom. The van der Waals surface area contributed by atoms with Crippen LogP contribution in [0.1, 0.15) is 36.8 Å².